The molecule has 0 N–H and O–H groups in total. The van der Waals surface area contributed by atoms with Gasteiger partial charge in [-0.2, -0.15) is 9.13 Å². The van der Waals surface area contributed by atoms with E-state index in [1.165, 1.54) is 166 Å². The summed E-state index contributed by atoms with van der Waals surface area (Å²) in [4.78, 5) is 0. The Morgan fingerprint density at radius 3 is 0.935 bits per heavy atom. The van der Waals surface area contributed by atoms with Crippen LogP contribution in [0.4, 0.5) is 0 Å². The topological polar surface area (TPSA) is 19.4 Å². The molecule has 0 aliphatic heterocycles. The summed E-state index contributed by atoms with van der Waals surface area (Å²) in [6, 6.07) is 57.3. The van der Waals surface area contributed by atoms with Crippen LogP contribution in [0.1, 0.15) is 239 Å². The average Bonchev–Trinajstić information content (AvgIpc) is 1.58. The number of aromatic nitrogens is 5. The van der Waals surface area contributed by atoms with E-state index in [1.54, 1.807) is 0 Å². The van der Waals surface area contributed by atoms with Gasteiger partial charge in [0.15, 0.2) is 30.0 Å². The highest BCUT2D eigenvalue weighted by molar-refractivity contribution is 5.68. The largest absolute Gasteiger partial charge is 0.216 e. The first-order chi connectivity index (χ1) is 55.8. The zero-order valence-corrected chi connectivity index (χ0v) is 66.1. The van der Waals surface area contributed by atoms with E-state index in [1.807, 2.05) is 41.4 Å². The maximum absolute atomic E-state index is 9.02. The van der Waals surface area contributed by atoms with Crippen LogP contribution < -0.4 is 22.8 Å². The quantitative estimate of drug-likeness (QED) is 0.153. The Morgan fingerprint density at radius 2 is 0.570 bits per heavy atom. The van der Waals surface area contributed by atoms with Gasteiger partial charge < -0.3 is 0 Å². The average molecular weight is 1430 g/mol. The lowest BCUT2D eigenvalue weighted by Gasteiger charge is -2.32. The zero-order valence-electron chi connectivity index (χ0n) is 76.1. The molecule has 5 aromatic carbocycles. The molecule has 552 valence electrons. The first kappa shape index (κ1) is 61.7. The lowest BCUT2D eigenvalue weighted by Crippen LogP contribution is -2.37. The number of pyridine rings is 5. The van der Waals surface area contributed by atoms with E-state index >= 15 is 0 Å². The van der Waals surface area contributed by atoms with Crippen molar-refractivity contribution in [2.75, 3.05) is 0 Å². The fraction of sp³-hybridized carbons (Fsp3) is 0.461. The molecule has 0 amide bonds. The van der Waals surface area contributed by atoms with E-state index in [-0.39, 0.29) is 27.1 Å². The van der Waals surface area contributed by atoms with E-state index < -0.39 is 31.9 Å². The van der Waals surface area contributed by atoms with Gasteiger partial charge in [0.2, 0.25) is 28.5 Å². The Bertz CT molecular complexity index is 5450. The smallest absolute Gasteiger partial charge is 0.201 e. The molecule has 10 aliphatic rings. The highest BCUT2D eigenvalue weighted by Gasteiger charge is 2.47. The molecular weight excluding hydrogens is 1300 g/mol. The number of benzene rings is 5. The third-order valence-corrected chi connectivity index (χ3v) is 27.0. The number of hydrogen-bond donors (Lipinski definition) is 0. The Morgan fingerprint density at radius 1 is 0.271 bits per heavy atom. The Kier molecular flexibility index (Phi) is 17.5. The van der Waals surface area contributed by atoms with Crippen molar-refractivity contribution in [2.24, 2.45) is 62.3 Å². The van der Waals surface area contributed by atoms with Crippen molar-refractivity contribution in [1.82, 2.24) is 0 Å². The molecule has 10 aromatic rings. The standard InChI is InChI=1S/2C21H26N.3C20H24N/c1-16-8-4-5-9-18(16)19-11-10-17-14-21(12-6-3-7-13-21)15-20(17)22(19)2;1-16-8-4-5-9-19(16)20-12-17-13-21(10-6-3-7-11-21)14-18(17)15-22(20)2;1-15-7-3-4-8-17(15)18-10-9-16-13-20(11-5-6-12-20)14-19(16)21(18)2;1-15-7-3-4-8-17(15)19-18-14-20(10-5-6-11-20)13-16(18)9-12-21(19)2;1-15-7-3-4-8-18(15)19-11-16-12-20(9-5-6-10-20)13-17(16)14-21(19)2/h4-5,8-11H,3,6-7,12-15H2,1-2H3;4-5,8-9,12,15H,3,6-7,10-11,13-14H2,1-2H3;3-4,7-10H,5-6,11-14H2,1-2H3;3-4,7-9,12H,5-6,10-11,13-14H2,1-2H3;3-4,7-8,11,14H,5-6,9-10,12-13H2,1-2H3/q5*+1/i15D2;3*14D2;13D2. The van der Waals surface area contributed by atoms with Gasteiger partial charge in [-0.3, -0.25) is 0 Å². The van der Waals surface area contributed by atoms with Gasteiger partial charge in [-0.15, -0.1) is 0 Å². The molecule has 0 unspecified atom stereocenters. The van der Waals surface area contributed by atoms with E-state index in [9.17, 15) is 0 Å². The second kappa shape index (κ2) is 30.4. The third-order valence-electron chi connectivity index (χ3n) is 27.0. The third kappa shape index (κ3) is 14.8. The maximum Gasteiger partial charge on any atom is 0.216 e. The highest BCUT2D eigenvalue weighted by atomic mass is 15.0. The summed E-state index contributed by atoms with van der Waals surface area (Å²) < 4.78 is 99.8. The maximum atomic E-state index is 9.02. The second-order valence-electron chi connectivity index (χ2n) is 34.6. The summed E-state index contributed by atoms with van der Waals surface area (Å²) >= 11 is 0. The van der Waals surface area contributed by atoms with E-state index in [2.05, 4.69) is 234 Å². The molecule has 0 bridgehead atoms. The first-order valence-electron chi connectivity index (χ1n) is 46.2. The fourth-order valence-corrected chi connectivity index (χ4v) is 21.1. The summed E-state index contributed by atoms with van der Waals surface area (Å²) in [6.45, 7) is 10.6. The van der Waals surface area contributed by atoms with Crippen LogP contribution in [-0.2, 0) is 99.2 Å². The van der Waals surface area contributed by atoms with Gasteiger partial charge in [-0.25, -0.2) is 13.7 Å². The number of aryl methyl sites for hydroxylation is 8. The molecule has 107 heavy (non-hydrogen) atoms. The Labute approximate surface area is 657 Å². The van der Waals surface area contributed by atoms with Crippen molar-refractivity contribution in [3.8, 4) is 56.3 Å². The minimum atomic E-state index is -1.24. The molecule has 5 nitrogen and oxygen atoms in total. The molecule has 5 aromatic heterocycles. The van der Waals surface area contributed by atoms with E-state index in [0.717, 1.165) is 147 Å². The molecule has 0 saturated heterocycles. The van der Waals surface area contributed by atoms with Gasteiger partial charge in [-0.1, -0.05) is 168 Å². The highest BCUT2D eigenvalue weighted by Crippen LogP contribution is 2.54. The molecule has 5 spiro atoms. The molecule has 5 heterocycles. The van der Waals surface area contributed by atoms with Crippen LogP contribution in [0.5, 0.6) is 0 Å². The fourth-order valence-electron chi connectivity index (χ4n) is 21.1. The van der Waals surface area contributed by atoms with Gasteiger partial charge in [0.1, 0.15) is 35.2 Å². The van der Waals surface area contributed by atoms with Crippen LogP contribution >= 0.6 is 0 Å². The van der Waals surface area contributed by atoms with Gasteiger partial charge in [0.05, 0.1) is 0 Å². The van der Waals surface area contributed by atoms with Crippen LogP contribution in [0, 0.1) is 61.7 Å². The van der Waals surface area contributed by atoms with Crippen molar-refractivity contribution >= 4 is 0 Å². The Hall–Kier alpha value is -8.15. The molecule has 0 atom stereocenters. The van der Waals surface area contributed by atoms with Crippen LogP contribution in [-0.4, -0.2) is 0 Å². The van der Waals surface area contributed by atoms with E-state index in [0.29, 0.717) is 0 Å². The number of hydrogen-bond acceptors (Lipinski definition) is 0. The second-order valence-corrected chi connectivity index (χ2v) is 34.6. The minimum absolute atomic E-state index is 0.160. The predicted octanol–water partition coefficient (Wildman–Crippen LogP) is 21.5. The van der Waals surface area contributed by atoms with Crippen LogP contribution in [0.25, 0.3) is 56.3 Å². The van der Waals surface area contributed by atoms with Crippen molar-refractivity contribution in [2.45, 2.75) is 240 Å². The van der Waals surface area contributed by atoms with Crippen LogP contribution in [0.3, 0.4) is 0 Å². The lowest BCUT2D eigenvalue weighted by molar-refractivity contribution is -0.668. The number of fused-ring (bicyclic) bond motifs is 5. The van der Waals surface area contributed by atoms with Crippen molar-refractivity contribution < 1.29 is 36.5 Å². The van der Waals surface area contributed by atoms with Gasteiger partial charge >= 0.3 is 0 Å². The normalized spacial score (nSPS) is 23.0. The molecule has 5 fully saturated rings. The van der Waals surface area contributed by atoms with Gasteiger partial charge in [0, 0.05) is 112 Å². The summed E-state index contributed by atoms with van der Waals surface area (Å²) in [7, 11) is 10.2. The van der Waals surface area contributed by atoms with Crippen LogP contribution in [0.2, 0.25) is 0 Å². The van der Waals surface area contributed by atoms with Crippen LogP contribution in [0.15, 0.2) is 182 Å². The molecule has 5 heteroatoms. The zero-order chi connectivity index (χ0) is 82.6. The SMILES string of the molecule is [2H]C1([2H])c2c(cc[n+](C)c2-c2ccccc2C)CC12CCCC2.[2H]C1([2H])c2c(ccc(-c3ccccc3C)[n+]2C)CC12CCCC2.[2H]C1([2H])c2c(ccc(-c3ccccc3C)[n+]2C)CC12CCCCC2.[2H]C1([2H])c2c[n+](C)c(-c3ccccc3C)cc2CC12CCCC2.[2H]C1([2H])c2c[n+](C)c(-c3ccccc3C)cc2CC12CCCCC2. The van der Waals surface area contributed by atoms with Crippen molar-refractivity contribution in [3.05, 3.63) is 266 Å². The summed E-state index contributed by atoms with van der Waals surface area (Å²) in [5.74, 6) is 0. The predicted molar refractivity (Wildman–Crippen MR) is 440 cm³/mol. The molecule has 0 radical (unpaired) electrons. The van der Waals surface area contributed by atoms with Gasteiger partial charge in [-0.05, 0) is 264 Å². The first-order valence-corrected chi connectivity index (χ1v) is 41.2. The summed E-state index contributed by atoms with van der Waals surface area (Å²) in [5.41, 5.74) is 27.7. The van der Waals surface area contributed by atoms with Crippen molar-refractivity contribution in [1.29, 1.82) is 0 Å². The molecule has 20 rings (SSSR count). The number of rotatable bonds is 5. The minimum Gasteiger partial charge on any atom is -0.201 e. The molecule has 10 aliphatic carbocycles. The summed E-state index contributed by atoms with van der Waals surface area (Å²) in [6.07, 6.45) is 29.0. The molecular formula is C102H124N5+5. The van der Waals surface area contributed by atoms with Crippen molar-refractivity contribution in [3.63, 3.8) is 0 Å². The Balaban J connectivity index is 0.000000110. The number of nitrogens with zero attached hydrogens (tertiary/aromatic N) is 5. The van der Waals surface area contributed by atoms with Gasteiger partial charge in [0.25, 0.3) is 0 Å². The molecule has 5 saturated carbocycles. The summed E-state index contributed by atoms with van der Waals surface area (Å²) in [5, 5.41) is 0. The van der Waals surface area contributed by atoms with E-state index in [4.69, 9.17) is 13.7 Å². The lowest BCUT2D eigenvalue weighted by atomic mass is 9.72. The monoisotopic (exact) mass is 1430 g/mol.